The van der Waals surface area contributed by atoms with Crippen molar-refractivity contribution in [1.29, 1.82) is 0 Å². The summed E-state index contributed by atoms with van der Waals surface area (Å²) in [7, 11) is 0. The summed E-state index contributed by atoms with van der Waals surface area (Å²) in [6.07, 6.45) is 3.81. The summed E-state index contributed by atoms with van der Waals surface area (Å²) in [6.45, 7) is 6.36. The molecule has 3 heteroatoms. The molecule has 0 aliphatic carbocycles. The van der Waals surface area contributed by atoms with Crippen LogP contribution in [0.5, 0.6) is 0 Å². The fraction of sp³-hybridized carbons (Fsp3) is 0.636. The van der Waals surface area contributed by atoms with Gasteiger partial charge in [0, 0.05) is 11.9 Å². The normalized spacial score (nSPS) is 13.2. The number of aromatic nitrogens is 2. The van der Waals surface area contributed by atoms with E-state index < -0.39 is 0 Å². The SMILES string of the molecule is CCCC(N)c1nccc(C(C)C)n1. The second-order valence-corrected chi connectivity index (χ2v) is 3.89. The van der Waals surface area contributed by atoms with Crippen LogP contribution in [0.25, 0.3) is 0 Å². The average molecular weight is 193 g/mol. The number of nitrogens with zero attached hydrogens (tertiary/aromatic N) is 2. The monoisotopic (exact) mass is 193 g/mol. The van der Waals surface area contributed by atoms with Crippen molar-refractivity contribution < 1.29 is 0 Å². The molecule has 0 amide bonds. The van der Waals surface area contributed by atoms with Gasteiger partial charge in [-0.05, 0) is 18.4 Å². The van der Waals surface area contributed by atoms with Crippen LogP contribution in [0.4, 0.5) is 0 Å². The standard InChI is InChI=1S/C11H19N3/c1-4-5-9(12)11-13-7-6-10(14-11)8(2)3/h6-9H,4-5,12H2,1-3H3. The van der Waals surface area contributed by atoms with E-state index in [2.05, 4.69) is 30.7 Å². The molecule has 0 saturated carbocycles. The first-order valence-electron chi connectivity index (χ1n) is 5.23. The summed E-state index contributed by atoms with van der Waals surface area (Å²) in [6, 6.07) is 1.94. The molecule has 0 spiro atoms. The Bertz CT molecular complexity index is 284. The van der Waals surface area contributed by atoms with E-state index in [9.17, 15) is 0 Å². The van der Waals surface area contributed by atoms with Gasteiger partial charge in [0.2, 0.25) is 0 Å². The maximum Gasteiger partial charge on any atom is 0.145 e. The summed E-state index contributed by atoms with van der Waals surface area (Å²) in [5.74, 6) is 1.21. The molecule has 1 heterocycles. The second kappa shape index (κ2) is 5.05. The van der Waals surface area contributed by atoms with Gasteiger partial charge >= 0.3 is 0 Å². The molecular weight excluding hydrogens is 174 g/mol. The van der Waals surface area contributed by atoms with Gasteiger partial charge < -0.3 is 5.73 Å². The zero-order valence-corrected chi connectivity index (χ0v) is 9.20. The Kier molecular flexibility index (Phi) is 4.01. The zero-order chi connectivity index (χ0) is 10.6. The number of hydrogen-bond donors (Lipinski definition) is 1. The van der Waals surface area contributed by atoms with E-state index in [0.29, 0.717) is 5.92 Å². The highest BCUT2D eigenvalue weighted by Crippen LogP contribution is 2.15. The van der Waals surface area contributed by atoms with Crippen molar-refractivity contribution in [2.45, 2.75) is 45.6 Å². The molecule has 0 bridgehead atoms. The zero-order valence-electron chi connectivity index (χ0n) is 9.20. The van der Waals surface area contributed by atoms with Crippen LogP contribution in [-0.2, 0) is 0 Å². The van der Waals surface area contributed by atoms with Crippen LogP contribution in [0.3, 0.4) is 0 Å². The highest BCUT2D eigenvalue weighted by molar-refractivity contribution is 5.08. The van der Waals surface area contributed by atoms with Crippen molar-refractivity contribution in [2.75, 3.05) is 0 Å². The molecule has 0 aliphatic heterocycles. The van der Waals surface area contributed by atoms with Gasteiger partial charge in [-0.25, -0.2) is 9.97 Å². The molecule has 78 valence electrons. The maximum atomic E-state index is 5.95. The molecule has 2 N–H and O–H groups in total. The van der Waals surface area contributed by atoms with Crippen molar-refractivity contribution in [2.24, 2.45) is 5.73 Å². The number of nitrogens with two attached hydrogens (primary N) is 1. The van der Waals surface area contributed by atoms with Gasteiger partial charge in [-0.1, -0.05) is 27.2 Å². The minimum absolute atomic E-state index is 0.0151. The second-order valence-electron chi connectivity index (χ2n) is 3.89. The van der Waals surface area contributed by atoms with Crippen molar-refractivity contribution >= 4 is 0 Å². The van der Waals surface area contributed by atoms with Crippen molar-refractivity contribution in [3.05, 3.63) is 23.8 Å². The fourth-order valence-electron chi connectivity index (χ4n) is 1.33. The minimum Gasteiger partial charge on any atom is -0.321 e. The van der Waals surface area contributed by atoms with Gasteiger partial charge in [-0.3, -0.25) is 0 Å². The maximum absolute atomic E-state index is 5.95. The quantitative estimate of drug-likeness (QED) is 0.798. The van der Waals surface area contributed by atoms with Crippen LogP contribution in [0.15, 0.2) is 12.3 Å². The minimum atomic E-state index is -0.0151. The highest BCUT2D eigenvalue weighted by atomic mass is 14.9. The smallest absolute Gasteiger partial charge is 0.145 e. The molecule has 1 aromatic heterocycles. The lowest BCUT2D eigenvalue weighted by molar-refractivity contribution is 0.594. The molecule has 0 fully saturated rings. The predicted molar refractivity (Wildman–Crippen MR) is 58.0 cm³/mol. The Hall–Kier alpha value is -0.960. The summed E-state index contributed by atoms with van der Waals surface area (Å²) in [5.41, 5.74) is 7.02. The molecule has 0 aliphatic rings. The Labute approximate surface area is 85.8 Å². The molecule has 0 aromatic carbocycles. The van der Waals surface area contributed by atoms with Crippen LogP contribution in [0.2, 0.25) is 0 Å². The lowest BCUT2D eigenvalue weighted by Crippen LogP contribution is -2.14. The topological polar surface area (TPSA) is 51.8 Å². The largest absolute Gasteiger partial charge is 0.321 e. The molecule has 1 unspecified atom stereocenters. The Morgan fingerprint density at radius 1 is 1.43 bits per heavy atom. The van der Waals surface area contributed by atoms with Gasteiger partial charge in [-0.15, -0.1) is 0 Å². The number of hydrogen-bond acceptors (Lipinski definition) is 3. The summed E-state index contributed by atoms with van der Waals surface area (Å²) in [5, 5.41) is 0. The number of rotatable bonds is 4. The molecule has 1 rings (SSSR count). The van der Waals surface area contributed by atoms with Crippen LogP contribution >= 0.6 is 0 Å². The van der Waals surface area contributed by atoms with Gasteiger partial charge in [0.1, 0.15) is 5.82 Å². The van der Waals surface area contributed by atoms with E-state index >= 15 is 0 Å². The van der Waals surface area contributed by atoms with Crippen LogP contribution in [-0.4, -0.2) is 9.97 Å². The molecule has 0 radical (unpaired) electrons. The third-order valence-corrected chi connectivity index (χ3v) is 2.22. The average Bonchev–Trinajstić information content (AvgIpc) is 2.18. The first-order chi connectivity index (χ1) is 6.65. The molecule has 14 heavy (non-hydrogen) atoms. The van der Waals surface area contributed by atoms with Gasteiger partial charge in [-0.2, -0.15) is 0 Å². The van der Waals surface area contributed by atoms with E-state index in [1.54, 1.807) is 6.20 Å². The first kappa shape index (κ1) is 11.1. The van der Waals surface area contributed by atoms with Crippen LogP contribution in [0.1, 0.15) is 57.1 Å². The van der Waals surface area contributed by atoms with E-state index in [1.165, 1.54) is 0 Å². The molecule has 0 saturated heterocycles. The van der Waals surface area contributed by atoms with Gasteiger partial charge in [0.15, 0.2) is 0 Å². The molecule has 1 aromatic rings. The molecular formula is C11H19N3. The third-order valence-electron chi connectivity index (χ3n) is 2.22. The molecule has 1 atom stereocenters. The lowest BCUT2D eigenvalue weighted by Gasteiger charge is -2.11. The summed E-state index contributed by atoms with van der Waals surface area (Å²) >= 11 is 0. The van der Waals surface area contributed by atoms with Crippen molar-refractivity contribution in [1.82, 2.24) is 9.97 Å². The van der Waals surface area contributed by atoms with E-state index in [-0.39, 0.29) is 6.04 Å². The van der Waals surface area contributed by atoms with E-state index in [4.69, 9.17) is 5.73 Å². The van der Waals surface area contributed by atoms with Gasteiger partial charge in [0.25, 0.3) is 0 Å². The lowest BCUT2D eigenvalue weighted by atomic mass is 10.1. The Morgan fingerprint density at radius 2 is 2.14 bits per heavy atom. The highest BCUT2D eigenvalue weighted by Gasteiger charge is 2.09. The van der Waals surface area contributed by atoms with Crippen molar-refractivity contribution in [3.8, 4) is 0 Å². The van der Waals surface area contributed by atoms with Crippen LogP contribution in [0, 0.1) is 0 Å². The Balaban J connectivity index is 2.82. The fourth-order valence-corrected chi connectivity index (χ4v) is 1.33. The van der Waals surface area contributed by atoms with E-state index in [0.717, 1.165) is 24.4 Å². The Morgan fingerprint density at radius 3 is 2.71 bits per heavy atom. The third kappa shape index (κ3) is 2.77. The molecule has 3 nitrogen and oxygen atoms in total. The van der Waals surface area contributed by atoms with Crippen molar-refractivity contribution in [3.63, 3.8) is 0 Å². The first-order valence-corrected chi connectivity index (χ1v) is 5.23. The summed E-state index contributed by atoms with van der Waals surface area (Å²) in [4.78, 5) is 8.66. The van der Waals surface area contributed by atoms with E-state index in [1.807, 2.05) is 6.07 Å². The van der Waals surface area contributed by atoms with Crippen LogP contribution < -0.4 is 5.73 Å². The van der Waals surface area contributed by atoms with Gasteiger partial charge in [0.05, 0.1) is 6.04 Å². The predicted octanol–water partition coefficient (Wildman–Crippen LogP) is 2.40. The summed E-state index contributed by atoms with van der Waals surface area (Å²) < 4.78 is 0.